The number of nitrogens with zero attached hydrogens (tertiary/aromatic N) is 2. The Morgan fingerprint density at radius 1 is 1.36 bits per heavy atom. The molecule has 0 unspecified atom stereocenters. The number of furan rings is 1. The van der Waals surface area contributed by atoms with E-state index in [1.807, 2.05) is 6.92 Å². The third-order valence-electron chi connectivity index (χ3n) is 4.52. The van der Waals surface area contributed by atoms with Crippen LogP contribution in [0.4, 0.5) is 10.6 Å². The Labute approximate surface area is 145 Å². The van der Waals surface area contributed by atoms with E-state index in [9.17, 15) is 9.59 Å². The van der Waals surface area contributed by atoms with E-state index in [4.69, 9.17) is 8.94 Å². The average Bonchev–Trinajstić information content (AvgIpc) is 3.24. The molecule has 8 heteroatoms. The Morgan fingerprint density at radius 2 is 2.12 bits per heavy atom. The van der Waals surface area contributed by atoms with Crippen molar-refractivity contribution in [2.45, 2.75) is 26.2 Å². The molecule has 134 valence electrons. The molecule has 2 aromatic heterocycles. The molecule has 25 heavy (non-hydrogen) atoms. The molecule has 0 spiro atoms. The molecule has 1 aliphatic heterocycles. The summed E-state index contributed by atoms with van der Waals surface area (Å²) >= 11 is 0. The number of nitrogens with one attached hydrogen (secondary N) is 2. The third kappa shape index (κ3) is 4.01. The number of aryl methyl sites for hydroxylation is 1. The zero-order chi connectivity index (χ0) is 17.8. The number of piperidine rings is 1. The van der Waals surface area contributed by atoms with Crippen molar-refractivity contribution in [1.29, 1.82) is 0 Å². The molecule has 2 N–H and O–H groups in total. The summed E-state index contributed by atoms with van der Waals surface area (Å²) in [6.07, 6.45) is 3.73. The van der Waals surface area contributed by atoms with Gasteiger partial charge in [0.15, 0.2) is 11.6 Å². The highest BCUT2D eigenvalue weighted by Crippen LogP contribution is 2.27. The molecule has 0 aromatic carbocycles. The van der Waals surface area contributed by atoms with Gasteiger partial charge in [-0.2, -0.15) is 0 Å². The van der Waals surface area contributed by atoms with Gasteiger partial charge in [0.2, 0.25) is 5.91 Å². The first-order valence-electron chi connectivity index (χ1n) is 8.34. The van der Waals surface area contributed by atoms with Crippen molar-refractivity contribution >= 4 is 17.8 Å². The summed E-state index contributed by atoms with van der Waals surface area (Å²) in [5.74, 6) is 2.02. The number of aromatic nitrogens is 1. The lowest BCUT2D eigenvalue weighted by Gasteiger charge is -2.31. The summed E-state index contributed by atoms with van der Waals surface area (Å²) < 4.78 is 10.5. The number of hydrogen-bond donors (Lipinski definition) is 2. The van der Waals surface area contributed by atoms with E-state index in [0.717, 1.165) is 24.2 Å². The van der Waals surface area contributed by atoms with Crippen molar-refractivity contribution < 1.29 is 18.5 Å². The topological polar surface area (TPSA) is 101 Å². The molecule has 1 fully saturated rings. The second kappa shape index (κ2) is 7.42. The molecule has 1 aliphatic rings. The number of urea groups is 1. The summed E-state index contributed by atoms with van der Waals surface area (Å²) in [5.41, 5.74) is 0.808. The minimum Gasteiger partial charge on any atom is -0.469 e. The van der Waals surface area contributed by atoms with Crippen LogP contribution >= 0.6 is 0 Å². The van der Waals surface area contributed by atoms with Crippen LogP contribution < -0.4 is 10.6 Å². The molecule has 3 rings (SSSR count). The van der Waals surface area contributed by atoms with E-state index in [0.29, 0.717) is 37.0 Å². The van der Waals surface area contributed by atoms with Crippen molar-refractivity contribution in [3.63, 3.8) is 0 Å². The Balaban J connectivity index is 1.53. The van der Waals surface area contributed by atoms with Gasteiger partial charge >= 0.3 is 6.03 Å². The molecule has 0 atom stereocenters. The highest BCUT2D eigenvalue weighted by Gasteiger charge is 2.25. The summed E-state index contributed by atoms with van der Waals surface area (Å²) in [5, 5.41) is 9.28. The maximum Gasteiger partial charge on any atom is 0.323 e. The third-order valence-corrected chi connectivity index (χ3v) is 4.52. The molecule has 3 amide bonds. The standard InChI is InChI=1S/C17H22N4O4/c1-11-13(5-8-24-11)14-10-15(20-25-14)19-17(23)21-6-3-12(4-7-21)9-16(22)18-2/h5,8,10,12H,3-4,6-7,9H2,1-2H3,(H,18,22)(H,19,20,23). The van der Waals surface area contributed by atoms with Crippen LogP contribution in [-0.2, 0) is 4.79 Å². The molecular formula is C17H22N4O4. The fraction of sp³-hybridized carbons (Fsp3) is 0.471. The van der Waals surface area contributed by atoms with E-state index in [1.165, 1.54) is 0 Å². The van der Waals surface area contributed by atoms with Gasteiger partial charge in [0.25, 0.3) is 0 Å². The minimum absolute atomic E-state index is 0.0487. The molecule has 0 saturated carbocycles. The zero-order valence-electron chi connectivity index (χ0n) is 14.4. The number of carbonyl (C=O) groups is 2. The average molecular weight is 346 g/mol. The predicted molar refractivity (Wildman–Crippen MR) is 90.9 cm³/mol. The number of rotatable bonds is 4. The van der Waals surface area contributed by atoms with Gasteiger partial charge in [0.05, 0.1) is 11.8 Å². The van der Waals surface area contributed by atoms with Crippen LogP contribution in [0, 0.1) is 12.8 Å². The van der Waals surface area contributed by atoms with Crippen LogP contribution in [0.3, 0.4) is 0 Å². The van der Waals surface area contributed by atoms with Crippen molar-refractivity contribution in [3.05, 3.63) is 24.2 Å². The molecule has 0 bridgehead atoms. The van der Waals surface area contributed by atoms with Crippen LogP contribution in [0.25, 0.3) is 11.3 Å². The smallest absolute Gasteiger partial charge is 0.323 e. The maximum atomic E-state index is 12.4. The zero-order valence-corrected chi connectivity index (χ0v) is 14.4. The molecule has 0 aliphatic carbocycles. The van der Waals surface area contributed by atoms with Gasteiger partial charge in [-0.1, -0.05) is 5.16 Å². The summed E-state index contributed by atoms with van der Waals surface area (Å²) in [7, 11) is 1.64. The minimum atomic E-state index is -0.206. The molecule has 0 radical (unpaired) electrons. The van der Waals surface area contributed by atoms with Gasteiger partial charge in [0.1, 0.15) is 5.76 Å². The Kier molecular flexibility index (Phi) is 5.06. The molecule has 3 heterocycles. The Hall–Kier alpha value is -2.77. The van der Waals surface area contributed by atoms with E-state index in [-0.39, 0.29) is 11.9 Å². The van der Waals surface area contributed by atoms with E-state index in [1.54, 1.807) is 30.3 Å². The quantitative estimate of drug-likeness (QED) is 0.886. The lowest BCUT2D eigenvalue weighted by molar-refractivity contribution is -0.121. The Bertz CT molecular complexity index is 743. The van der Waals surface area contributed by atoms with Crippen LogP contribution in [-0.4, -0.2) is 42.1 Å². The number of carbonyl (C=O) groups excluding carboxylic acids is 2. The van der Waals surface area contributed by atoms with Crippen LogP contribution in [0.5, 0.6) is 0 Å². The van der Waals surface area contributed by atoms with Gasteiger partial charge < -0.3 is 19.2 Å². The number of anilines is 1. The first kappa shape index (κ1) is 17.1. The highest BCUT2D eigenvalue weighted by atomic mass is 16.5. The summed E-state index contributed by atoms with van der Waals surface area (Å²) in [6, 6.07) is 3.26. The second-order valence-electron chi connectivity index (χ2n) is 6.20. The molecule has 8 nitrogen and oxygen atoms in total. The first-order valence-corrected chi connectivity index (χ1v) is 8.34. The van der Waals surface area contributed by atoms with Crippen LogP contribution in [0.15, 0.2) is 27.3 Å². The summed E-state index contributed by atoms with van der Waals surface area (Å²) in [4.78, 5) is 25.5. The SMILES string of the molecule is CNC(=O)CC1CCN(C(=O)Nc2cc(-c3ccoc3C)on2)CC1. The fourth-order valence-electron chi connectivity index (χ4n) is 2.99. The first-order chi connectivity index (χ1) is 12.1. The van der Waals surface area contributed by atoms with E-state index in [2.05, 4.69) is 15.8 Å². The van der Waals surface area contributed by atoms with Gasteiger partial charge in [-0.15, -0.1) is 0 Å². The van der Waals surface area contributed by atoms with Crippen molar-refractivity contribution in [2.75, 3.05) is 25.5 Å². The van der Waals surface area contributed by atoms with Gasteiger partial charge in [-0.05, 0) is 31.7 Å². The lowest BCUT2D eigenvalue weighted by atomic mass is 9.93. The molecular weight excluding hydrogens is 324 g/mol. The number of hydrogen-bond acceptors (Lipinski definition) is 5. The van der Waals surface area contributed by atoms with Crippen molar-refractivity contribution in [3.8, 4) is 11.3 Å². The molecule has 1 saturated heterocycles. The van der Waals surface area contributed by atoms with Crippen LogP contribution in [0.1, 0.15) is 25.0 Å². The van der Waals surface area contributed by atoms with Gasteiger partial charge in [-0.25, -0.2) is 4.79 Å². The normalized spacial score (nSPS) is 15.2. The second-order valence-corrected chi connectivity index (χ2v) is 6.20. The van der Waals surface area contributed by atoms with Crippen LogP contribution in [0.2, 0.25) is 0 Å². The number of amides is 3. The maximum absolute atomic E-state index is 12.4. The lowest BCUT2D eigenvalue weighted by Crippen LogP contribution is -2.41. The van der Waals surface area contributed by atoms with E-state index >= 15 is 0 Å². The fourth-order valence-corrected chi connectivity index (χ4v) is 2.99. The summed E-state index contributed by atoms with van der Waals surface area (Å²) in [6.45, 7) is 3.08. The number of likely N-dealkylation sites (tertiary alicyclic amines) is 1. The molecule has 2 aromatic rings. The van der Waals surface area contributed by atoms with Crippen molar-refractivity contribution in [1.82, 2.24) is 15.4 Å². The predicted octanol–water partition coefficient (Wildman–Crippen LogP) is 2.62. The largest absolute Gasteiger partial charge is 0.469 e. The van der Waals surface area contributed by atoms with Gasteiger partial charge in [-0.3, -0.25) is 10.1 Å². The monoisotopic (exact) mass is 346 g/mol. The Morgan fingerprint density at radius 3 is 2.76 bits per heavy atom. The highest BCUT2D eigenvalue weighted by molar-refractivity contribution is 5.88. The van der Waals surface area contributed by atoms with Crippen molar-refractivity contribution in [2.24, 2.45) is 5.92 Å². The van der Waals surface area contributed by atoms with Gasteiger partial charge in [0, 0.05) is 32.6 Å². The van der Waals surface area contributed by atoms with E-state index < -0.39 is 0 Å².